The molecule has 0 bridgehead atoms. The van der Waals surface area contributed by atoms with Crippen molar-refractivity contribution in [2.45, 2.75) is 26.1 Å². The summed E-state index contributed by atoms with van der Waals surface area (Å²) in [6, 6.07) is 9.61. The number of aromatic nitrogens is 3. The van der Waals surface area contributed by atoms with E-state index in [1.165, 1.54) is 0 Å². The van der Waals surface area contributed by atoms with Crippen LogP contribution >= 0.6 is 0 Å². The average molecular weight is 261 g/mol. The second-order valence-corrected chi connectivity index (χ2v) is 4.80. The van der Waals surface area contributed by atoms with Gasteiger partial charge in [-0.3, -0.25) is 0 Å². The zero-order valence-corrected chi connectivity index (χ0v) is 11.4. The zero-order chi connectivity index (χ0) is 13.8. The molecule has 2 atom stereocenters. The molecule has 5 heteroatoms. The Morgan fingerprint density at radius 3 is 2.47 bits per heavy atom. The summed E-state index contributed by atoms with van der Waals surface area (Å²) in [6.07, 6.45) is 0.521. The lowest BCUT2D eigenvalue weighted by Crippen LogP contribution is -2.28. The molecular formula is C14H19N3O2. The SMILES string of the molecule is COC(C(C)C)C(O)c1cnnn1-c1ccccc1. The zero-order valence-electron chi connectivity index (χ0n) is 11.4. The highest BCUT2D eigenvalue weighted by Crippen LogP contribution is 2.25. The van der Waals surface area contributed by atoms with E-state index in [1.54, 1.807) is 18.0 Å². The third kappa shape index (κ3) is 2.83. The molecule has 0 aliphatic carbocycles. The summed E-state index contributed by atoms with van der Waals surface area (Å²) in [5.41, 5.74) is 1.50. The fourth-order valence-electron chi connectivity index (χ4n) is 2.15. The van der Waals surface area contributed by atoms with E-state index >= 15 is 0 Å². The Hall–Kier alpha value is -1.72. The highest BCUT2D eigenvalue weighted by Gasteiger charge is 2.27. The summed E-state index contributed by atoms with van der Waals surface area (Å²) >= 11 is 0. The standard InChI is InChI=1S/C14H19N3O2/c1-10(2)14(19-3)13(18)12-9-15-16-17(12)11-7-5-4-6-8-11/h4-10,13-14,18H,1-3H3. The maximum Gasteiger partial charge on any atom is 0.124 e. The lowest BCUT2D eigenvalue weighted by Gasteiger charge is -2.25. The molecule has 2 aromatic rings. The van der Waals surface area contributed by atoms with Crippen molar-refractivity contribution in [3.8, 4) is 5.69 Å². The quantitative estimate of drug-likeness (QED) is 0.894. The maximum atomic E-state index is 10.5. The minimum Gasteiger partial charge on any atom is -0.384 e. The summed E-state index contributed by atoms with van der Waals surface area (Å²) in [7, 11) is 1.60. The van der Waals surface area contributed by atoms with Crippen LogP contribution < -0.4 is 0 Å². The predicted octanol–water partition coefficient (Wildman–Crippen LogP) is 1.97. The van der Waals surface area contributed by atoms with Gasteiger partial charge in [0, 0.05) is 7.11 Å². The van der Waals surface area contributed by atoms with Gasteiger partial charge in [-0.2, -0.15) is 0 Å². The monoisotopic (exact) mass is 261 g/mol. The minimum absolute atomic E-state index is 0.194. The van der Waals surface area contributed by atoms with Crippen molar-refractivity contribution >= 4 is 0 Å². The molecular weight excluding hydrogens is 242 g/mol. The minimum atomic E-state index is -0.764. The molecule has 19 heavy (non-hydrogen) atoms. The number of hydrogen-bond acceptors (Lipinski definition) is 4. The van der Waals surface area contributed by atoms with Crippen molar-refractivity contribution in [2.75, 3.05) is 7.11 Å². The van der Waals surface area contributed by atoms with Crippen LogP contribution in [0.15, 0.2) is 36.5 Å². The Morgan fingerprint density at radius 2 is 1.89 bits per heavy atom. The van der Waals surface area contributed by atoms with Gasteiger partial charge in [0.25, 0.3) is 0 Å². The first kappa shape index (κ1) is 13.7. The van der Waals surface area contributed by atoms with Crippen LogP contribution in [0.2, 0.25) is 0 Å². The van der Waals surface area contributed by atoms with Gasteiger partial charge in [0.2, 0.25) is 0 Å². The molecule has 0 aliphatic rings. The highest BCUT2D eigenvalue weighted by molar-refractivity contribution is 5.32. The average Bonchev–Trinajstić information content (AvgIpc) is 2.89. The van der Waals surface area contributed by atoms with E-state index in [2.05, 4.69) is 10.3 Å². The molecule has 1 aromatic heterocycles. The Bertz CT molecular complexity index is 510. The number of hydrogen-bond donors (Lipinski definition) is 1. The van der Waals surface area contributed by atoms with Gasteiger partial charge in [-0.05, 0) is 18.1 Å². The smallest absolute Gasteiger partial charge is 0.124 e. The summed E-state index contributed by atoms with van der Waals surface area (Å²) in [5, 5.41) is 18.4. The van der Waals surface area contributed by atoms with Gasteiger partial charge in [-0.15, -0.1) is 5.10 Å². The third-order valence-corrected chi connectivity index (χ3v) is 3.12. The summed E-state index contributed by atoms with van der Waals surface area (Å²) < 4.78 is 7.01. The summed E-state index contributed by atoms with van der Waals surface area (Å²) in [4.78, 5) is 0. The van der Waals surface area contributed by atoms with E-state index in [0.717, 1.165) is 5.69 Å². The fourth-order valence-corrected chi connectivity index (χ4v) is 2.15. The number of nitrogens with zero attached hydrogens (tertiary/aromatic N) is 3. The van der Waals surface area contributed by atoms with E-state index in [-0.39, 0.29) is 12.0 Å². The Morgan fingerprint density at radius 1 is 1.21 bits per heavy atom. The molecule has 1 aromatic carbocycles. The molecule has 0 saturated carbocycles. The number of aliphatic hydroxyl groups excluding tert-OH is 1. The molecule has 0 radical (unpaired) electrons. The molecule has 1 N–H and O–H groups in total. The van der Waals surface area contributed by atoms with E-state index in [9.17, 15) is 5.11 Å². The van der Waals surface area contributed by atoms with Crippen molar-refractivity contribution in [2.24, 2.45) is 5.92 Å². The normalized spacial score (nSPS) is 14.6. The maximum absolute atomic E-state index is 10.5. The van der Waals surface area contributed by atoms with Crippen molar-refractivity contribution in [3.63, 3.8) is 0 Å². The van der Waals surface area contributed by atoms with Crippen LogP contribution in [0, 0.1) is 5.92 Å². The molecule has 2 rings (SSSR count). The number of aliphatic hydroxyl groups is 1. The van der Waals surface area contributed by atoms with Crippen LogP contribution in [0.1, 0.15) is 25.6 Å². The van der Waals surface area contributed by atoms with Gasteiger partial charge in [-0.1, -0.05) is 37.3 Å². The molecule has 1 heterocycles. The topological polar surface area (TPSA) is 60.2 Å². The Kier molecular flexibility index (Phi) is 4.29. The first-order valence-corrected chi connectivity index (χ1v) is 6.32. The number of benzene rings is 1. The highest BCUT2D eigenvalue weighted by atomic mass is 16.5. The van der Waals surface area contributed by atoms with Crippen molar-refractivity contribution < 1.29 is 9.84 Å². The van der Waals surface area contributed by atoms with Crippen LogP contribution in [0.4, 0.5) is 0 Å². The van der Waals surface area contributed by atoms with Crippen molar-refractivity contribution in [1.82, 2.24) is 15.0 Å². The van der Waals surface area contributed by atoms with Crippen LogP contribution in [-0.4, -0.2) is 33.3 Å². The van der Waals surface area contributed by atoms with E-state index in [0.29, 0.717) is 5.69 Å². The number of para-hydroxylation sites is 1. The van der Waals surface area contributed by atoms with E-state index in [1.807, 2.05) is 44.2 Å². The van der Waals surface area contributed by atoms with Gasteiger partial charge in [0.15, 0.2) is 0 Å². The Balaban J connectivity index is 2.34. The van der Waals surface area contributed by atoms with Crippen LogP contribution in [0.3, 0.4) is 0 Å². The molecule has 5 nitrogen and oxygen atoms in total. The largest absolute Gasteiger partial charge is 0.384 e. The summed E-state index contributed by atoms with van der Waals surface area (Å²) in [5.74, 6) is 0.194. The number of rotatable bonds is 5. The Labute approximate surface area is 112 Å². The number of methoxy groups -OCH3 is 1. The van der Waals surface area contributed by atoms with Gasteiger partial charge >= 0.3 is 0 Å². The van der Waals surface area contributed by atoms with Gasteiger partial charge < -0.3 is 9.84 Å². The molecule has 0 amide bonds. The van der Waals surface area contributed by atoms with Crippen LogP contribution in [0.25, 0.3) is 5.69 Å². The first-order chi connectivity index (χ1) is 9.15. The van der Waals surface area contributed by atoms with Crippen LogP contribution in [0.5, 0.6) is 0 Å². The number of ether oxygens (including phenoxy) is 1. The fraction of sp³-hybridized carbons (Fsp3) is 0.429. The first-order valence-electron chi connectivity index (χ1n) is 6.32. The molecule has 0 spiro atoms. The third-order valence-electron chi connectivity index (χ3n) is 3.12. The van der Waals surface area contributed by atoms with Gasteiger partial charge in [0.1, 0.15) is 6.10 Å². The summed E-state index contributed by atoms with van der Waals surface area (Å²) in [6.45, 7) is 4.02. The molecule has 0 aliphatic heterocycles. The molecule has 2 unspecified atom stereocenters. The van der Waals surface area contributed by atoms with Crippen molar-refractivity contribution in [3.05, 3.63) is 42.2 Å². The predicted molar refractivity (Wildman–Crippen MR) is 72.0 cm³/mol. The van der Waals surface area contributed by atoms with Crippen LogP contribution in [-0.2, 0) is 4.74 Å². The lowest BCUT2D eigenvalue weighted by atomic mass is 9.99. The second kappa shape index (κ2) is 5.95. The molecule has 0 saturated heterocycles. The van der Waals surface area contributed by atoms with Gasteiger partial charge in [0.05, 0.1) is 23.7 Å². The van der Waals surface area contributed by atoms with Gasteiger partial charge in [-0.25, -0.2) is 4.68 Å². The molecule has 102 valence electrons. The lowest BCUT2D eigenvalue weighted by molar-refractivity contribution is -0.0418. The second-order valence-electron chi connectivity index (χ2n) is 4.80. The van der Waals surface area contributed by atoms with Crippen molar-refractivity contribution in [1.29, 1.82) is 0 Å². The van der Waals surface area contributed by atoms with E-state index < -0.39 is 6.10 Å². The molecule has 0 fully saturated rings. The van der Waals surface area contributed by atoms with E-state index in [4.69, 9.17) is 4.74 Å².